The summed E-state index contributed by atoms with van der Waals surface area (Å²) in [6.07, 6.45) is 16.3. The summed E-state index contributed by atoms with van der Waals surface area (Å²) in [6.45, 7) is 7.46. The fraction of sp³-hybridized carbons (Fsp3) is 0.273. The van der Waals surface area contributed by atoms with Gasteiger partial charge in [-0.15, -0.1) is 0 Å². The molecule has 10 aromatic rings. The molecule has 0 aromatic heterocycles. The summed E-state index contributed by atoms with van der Waals surface area (Å²) in [5, 5.41) is 0.550. The zero-order valence-electron chi connectivity index (χ0n) is 55.5. The van der Waals surface area contributed by atoms with Gasteiger partial charge in [-0.1, -0.05) is 263 Å². The molecule has 5 fully saturated rings. The number of hydrogen-bond acceptors (Lipinski definition) is 6. The van der Waals surface area contributed by atoms with Gasteiger partial charge in [-0.25, -0.2) is 0 Å². The summed E-state index contributed by atoms with van der Waals surface area (Å²) in [5.74, 6) is 1.94. The summed E-state index contributed by atoms with van der Waals surface area (Å²) in [7, 11) is 0. The summed E-state index contributed by atoms with van der Waals surface area (Å²) >= 11 is 2.32. The van der Waals surface area contributed by atoms with Crippen LogP contribution in [-0.2, 0) is 5.41 Å². The highest BCUT2D eigenvalue weighted by Gasteiger charge is 2.62. The molecule has 4 aliphatic carbocycles. The second kappa shape index (κ2) is 24.7. The third-order valence-corrected chi connectivity index (χ3v) is 25.2. The first-order chi connectivity index (χ1) is 47.3. The van der Waals surface area contributed by atoms with Gasteiger partial charge >= 0.3 is 0 Å². The number of anilines is 6. The van der Waals surface area contributed by atoms with Crippen molar-refractivity contribution >= 4 is 70.2 Å². The Hall–Kier alpha value is -8.84. The number of hydrogen-bond donors (Lipinski definition) is 0. The smallest absolute Gasteiger partial charge is 0.225 e. The Balaban J connectivity index is 0.829. The lowest BCUT2D eigenvalue weighted by Crippen LogP contribution is -2.68. The molecule has 0 amide bonds. The number of fused-ring (bicyclic) bond motifs is 8. The summed E-state index contributed by atoms with van der Waals surface area (Å²) < 4.78 is 7.68. The van der Waals surface area contributed by atoms with Crippen molar-refractivity contribution in [2.24, 2.45) is 0 Å². The van der Waals surface area contributed by atoms with Gasteiger partial charge < -0.3 is 24.3 Å². The maximum absolute atomic E-state index is 7.68. The minimum Gasteiger partial charge on any atom is -0.491 e. The van der Waals surface area contributed by atoms with Gasteiger partial charge in [-0.3, -0.25) is 0 Å². The van der Waals surface area contributed by atoms with Crippen LogP contribution in [0.25, 0.3) is 33.4 Å². The average Bonchev–Trinajstić information content (AvgIpc) is 0.695. The van der Waals surface area contributed by atoms with Crippen LogP contribution in [0, 0.1) is 0 Å². The molecule has 0 radical (unpaired) electrons. The highest BCUT2D eigenvalue weighted by molar-refractivity contribution is 8.01. The maximum Gasteiger partial charge on any atom is 0.225 e. The fourth-order valence-corrected chi connectivity index (χ4v) is 21.5. The van der Waals surface area contributed by atoms with Crippen LogP contribution in [0.15, 0.2) is 290 Å². The van der Waals surface area contributed by atoms with E-state index in [1.165, 1.54) is 127 Å². The van der Waals surface area contributed by atoms with E-state index in [1.807, 2.05) is 0 Å². The van der Waals surface area contributed by atoms with E-state index in [0.29, 0.717) is 23.8 Å². The Morgan fingerprint density at radius 1 is 0.458 bits per heavy atom. The number of allylic oxidation sites excluding steroid dienone is 2. The fourth-order valence-electron chi connectivity index (χ4n) is 19.6. The van der Waals surface area contributed by atoms with Gasteiger partial charge in [0.15, 0.2) is 6.71 Å². The number of thioether (sulfide) groups is 1. The van der Waals surface area contributed by atoms with Crippen molar-refractivity contribution in [3.8, 4) is 39.1 Å². The lowest BCUT2D eigenvalue weighted by molar-refractivity contribution is 0.120. The van der Waals surface area contributed by atoms with Gasteiger partial charge in [-0.05, 0) is 149 Å². The van der Waals surface area contributed by atoms with Crippen molar-refractivity contribution in [2.45, 2.75) is 148 Å². The molecule has 5 nitrogen and oxygen atoms in total. The molecule has 3 saturated carbocycles. The van der Waals surface area contributed by atoms with Gasteiger partial charge in [0, 0.05) is 104 Å². The van der Waals surface area contributed by atoms with Crippen LogP contribution >= 0.6 is 11.8 Å². The van der Waals surface area contributed by atoms with Crippen LogP contribution in [-0.4, -0.2) is 60.2 Å². The molecule has 474 valence electrons. The highest BCUT2D eigenvalue weighted by Crippen LogP contribution is 2.62. The van der Waals surface area contributed by atoms with Crippen molar-refractivity contribution in [1.29, 1.82) is 0 Å². The van der Waals surface area contributed by atoms with Crippen molar-refractivity contribution in [1.82, 2.24) is 0 Å². The quantitative estimate of drug-likeness (QED) is 0.120. The monoisotopic (exact) mass is 1270 g/mol. The molecule has 10 aromatic carbocycles. The zero-order chi connectivity index (χ0) is 64.0. The molecular formula is C88H84B2N4OS. The highest BCUT2D eigenvalue weighted by atomic mass is 32.2. The van der Waals surface area contributed by atoms with Gasteiger partial charge in [-0.2, -0.15) is 11.8 Å². The molecule has 96 heavy (non-hydrogen) atoms. The molecule has 8 heteroatoms. The van der Waals surface area contributed by atoms with E-state index in [-0.39, 0.29) is 59.3 Å². The van der Waals surface area contributed by atoms with Crippen molar-refractivity contribution in [2.75, 3.05) is 19.6 Å². The largest absolute Gasteiger partial charge is 0.491 e. The number of benzene rings is 10. The molecule has 10 atom stereocenters. The molecule has 0 bridgehead atoms. The summed E-state index contributed by atoms with van der Waals surface area (Å²) in [5.41, 5.74) is 22.6. The van der Waals surface area contributed by atoms with Crippen LogP contribution < -0.4 is 35.3 Å². The SMILES string of the molecule is CC(C)(C)c1ccc(-c2ccccc2N2C3=CC4SC5CC(N(c6ccc(-c7ccccc7)cc6)c6ccccc6-c6ccccc6)CC6C5B(c5ccccc5N6c5ccccc5)C4C=C3B3c4ccccc4OC4CC(N(c5ccccc5)C5CCCCC5)CC2C34)cc1. The summed E-state index contributed by atoms with van der Waals surface area (Å²) in [4.78, 5) is 11.5. The lowest BCUT2D eigenvalue weighted by Gasteiger charge is -2.61. The molecule has 2 saturated heterocycles. The van der Waals surface area contributed by atoms with E-state index in [1.54, 1.807) is 0 Å². The normalized spacial score (nSPS) is 24.7. The van der Waals surface area contributed by atoms with Gasteiger partial charge in [0.05, 0.1) is 6.10 Å². The Bertz CT molecular complexity index is 4520. The molecule has 0 N–H and O–H groups in total. The third kappa shape index (κ3) is 10.4. The predicted octanol–water partition coefficient (Wildman–Crippen LogP) is 20.2. The van der Waals surface area contributed by atoms with E-state index in [0.717, 1.165) is 31.4 Å². The molecule has 18 rings (SSSR count). The zero-order valence-corrected chi connectivity index (χ0v) is 56.3. The molecule has 10 unspecified atom stereocenters. The Morgan fingerprint density at radius 3 is 1.78 bits per heavy atom. The van der Waals surface area contributed by atoms with E-state index >= 15 is 0 Å². The average molecular weight is 1270 g/mol. The van der Waals surface area contributed by atoms with E-state index in [2.05, 4.69) is 331 Å². The van der Waals surface area contributed by atoms with E-state index < -0.39 is 0 Å². The van der Waals surface area contributed by atoms with Gasteiger partial charge in [0.2, 0.25) is 6.71 Å². The first kappa shape index (κ1) is 59.6. The van der Waals surface area contributed by atoms with Crippen molar-refractivity contribution in [3.63, 3.8) is 0 Å². The van der Waals surface area contributed by atoms with Crippen LogP contribution in [0.4, 0.5) is 34.1 Å². The second-order valence-electron chi connectivity index (χ2n) is 29.8. The molecule has 4 heterocycles. The number of rotatable bonds is 11. The number of para-hydroxylation sites is 6. The topological polar surface area (TPSA) is 22.2 Å². The summed E-state index contributed by atoms with van der Waals surface area (Å²) in [6, 6.07) is 103. The van der Waals surface area contributed by atoms with Crippen LogP contribution in [0.1, 0.15) is 84.1 Å². The van der Waals surface area contributed by atoms with Crippen LogP contribution in [0.5, 0.6) is 5.75 Å². The van der Waals surface area contributed by atoms with Crippen LogP contribution in [0.2, 0.25) is 17.5 Å². The predicted molar refractivity (Wildman–Crippen MR) is 408 cm³/mol. The Kier molecular flexibility index (Phi) is 15.3. The minimum absolute atomic E-state index is 0.0217. The number of nitrogens with zero attached hydrogens (tertiary/aromatic N) is 4. The van der Waals surface area contributed by atoms with Crippen LogP contribution in [0.3, 0.4) is 0 Å². The molecular weight excluding hydrogens is 1180 g/mol. The second-order valence-corrected chi connectivity index (χ2v) is 31.2. The Labute approximate surface area is 574 Å². The standard InChI is InChI=1S/C88H84B2N4OS/c1-88(2,3)63-49-45-62(46-50-63)71-38-20-24-42-77(71)94-79-58-84-75(57-74(79)90-73-40-22-26-44-82(73)95-83-55-68(53-80(94)86(83)90)91(64-31-13-6-14-32-64)65-33-15-7-16-34-65)89-72-39-21-25-43-78(72)93(66-35-17-8-18-36-66)81-54-69(56-85(96-84)87(81)89)92(67-51-47-60(48-52-67)59-27-9-4-10-28-59)76-41-23-19-37-70(76)61-29-11-5-12-30-61/h4-6,8-14,17-32,35-52,57-58,65,68-69,75,80-81,83-87H,7,15-16,33-34,53-56H2,1-3H3. The van der Waals surface area contributed by atoms with Crippen molar-refractivity contribution in [3.05, 3.63) is 296 Å². The Morgan fingerprint density at radius 2 is 1.04 bits per heavy atom. The van der Waals surface area contributed by atoms with E-state index in [4.69, 9.17) is 4.74 Å². The van der Waals surface area contributed by atoms with E-state index in [9.17, 15) is 0 Å². The first-order valence-electron chi connectivity index (χ1n) is 36.0. The lowest BCUT2D eigenvalue weighted by atomic mass is 9.23. The molecule has 0 spiro atoms. The minimum atomic E-state index is 0.0217. The first-order valence-corrected chi connectivity index (χ1v) is 36.9. The molecule has 4 aliphatic heterocycles. The van der Waals surface area contributed by atoms with Gasteiger partial charge in [0.25, 0.3) is 0 Å². The number of ether oxygens (including phenoxy) is 1. The molecule has 8 aliphatic rings. The third-order valence-electron chi connectivity index (χ3n) is 23.6. The maximum atomic E-state index is 7.68. The van der Waals surface area contributed by atoms with Gasteiger partial charge in [0.1, 0.15) is 5.75 Å². The van der Waals surface area contributed by atoms with Crippen molar-refractivity contribution < 1.29 is 4.74 Å².